The van der Waals surface area contributed by atoms with Crippen LogP contribution in [0.15, 0.2) is 25.3 Å². The van der Waals surface area contributed by atoms with Crippen LogP contribution >= 0.6 is 0 Å². The number of hydrogen-bond donors (Lipinski definition) is 0. The van der Waals surface area contributed by atoms with Gasteiger partial charge in [0.1, 0.15) is 6.61 Å². The highest BCUT2D eigenvalue weighted by Crippen LogP contribution is 2.38. The van der Waals surface area contributed by atoms with Crippen LogP contribution in [0.4, 0.5) is 17.6 Å². The monoisotopic (exact) mass is 226 g/mol. The molecule has 0 saturated heterocycles. The summed E-state index contributed by atoms with van der Waals surface area (Å²) in [4.78, 5) is 10.8. The molecule has 0 aromatic heterocycles. The van der Waals surface area contributed by atoms with Crippen LogP contribution in [0.3, 0.4) is 0 Å². The summed E-state index contributed by atoms with van der Waals surface area (Å²) in [7, 11) is 0. The lowest BCUT2D eigenvalue weighted by atomic mass is 10.0. The summed E-state index contributed by atoms with van der Waals surface area (Å²) in [5.74, 6) is -1.98. The molecule has 0 aromatic carbocycles. The predicted molar refractivity (Wildman–Crippen MR) is 45.9 cm³/mol. The highest BCUT2D eigenvalue weighted by Gasteiger charge is 2.62. The molecule has 86 valence electrons. The molecular formula is C9H10F4O2. The number of carbonyl (C=O) groups excluding carboxylic acids is 1. The molecule has 0 spiro atoms. The van der Waals surface area contributed by atoms with Gasteiger partial charge in [-0.15, -0.1) is 6.58 Å². The lowest BCUT2D eigenvalue weighted by Gasteiger charge is -2.24. The molecule has 0 aliphatic heterocycles. The van der Waals surface area contributed by atoms with Crippen LogP contribution in [-0.4, -0.2) is 24.4 Å². The highest BCUT2D eigenvalue weighted by molar-refractivity contribution is 5.80. The molecular weight excluding hydrogens is 216 g/mol. The van der Waals surface area contributed by atoms with Crippen LogP contribution in [0, 0.1) is 0 Å². The van der Waals surface area contributed by atoms with Crippen molar-refractivity contribution >= 4 is 5.97 Å². The van der Waals surface area contributed by atoms with Gasteiger partial charge in [0.05, 0.1) is 0 Å². The second-order valence-electron chi connectivity index (χ2n) is 2.68. The van der Waals surface area contributed by atoms with Gasteiger partial charge in [-0.25, -0.2) is 9.18 Å². The largest absolute Gasteiger partial charge is 0.459 e. The summed E-state index contributed by atoms with van der Waals surface area (Å²) in [5, 5.41) is 0. The fourth-order valence-corrected chi connectivity index (χ4v) is 0.763. The third-order valence-electron chi connectivity index (χ3n) is 1.53. The Hall–Kier alpha value is -1.33. The number of hydrogen-bond acceptors (Lipinski definition) is 2. The maximum atomic E-state index is 13.3. The molecule has 0 heterocycles. The van der Waals surface area contributed by atoms with Gasteiger partial charge < -0.3 is 4.74 Å². The van der Waals surface area contributed by atoms with Crippen LogP contribution in [0.1, 0.15) is 6.42 Å². The average Bonchev–Trinajstić information content (AvgIpc) is 2.12. The zero-order valence-electron chi connectivity index (χ0n) is 7.81. The van der Waals surface area contributed by atoms with Crippen LogP contribution < -0.4 is 0 Å². The summed E-state index contributed by atoms with van der Waals surface area (Å²) >= 11 is 0. The Morgan fingerprint density at radius 2 is 1.73 bits per heavy atom. The molecule has 0 aromatic rings. The molecule has 1 unspecified atom stereocenters. The normalized spacial score (nSPS) is 15.2. The Balaban J connectivity index is 4.85. The smallest absolute Gasteiger partial charge is 0.433 e. The second-order valence-corrected chi connectivity index (χ2v) is 2.68. The molecule has 2 nitrogen and oxygen atoms in total. The Morgan fingerprint density at radius 3 is 2.07 bits per heavy atom. The van der Waals surface area contributed by atoms with E-state index in [-0.39, 0.29) is 0 Å². The van der Waals surface area contributed by atoms with Gasteiger partial charge in [-0.3, -0.25) is 0 Å². The van der Waals surface area contributed by atoms with E-state index in [1.807, 2.05) is 0 Å². The van der Waals surface area contributed by atoms with Crippen molar-refractivity contribution in [2.45, 2.75) is 18.3 Å². The fourth-order valence-electron chi connectivity index (χ4n) is 0.763. The highest BCUT2D eigenvalue weighted by atomic mass is 19.4. The number of esters is 1. The topological polar surface area (TPSA) is 26.3 Å². The quantitative estimate of drug-likeness (QED) is 0.409. The Labute approximate surface area is 84.2 Å². The van der Waals surface area contributed by atoms with Gasteiger partial charge >= 0.3 is 17.8 Å². The van der Waals surface area contributed by atoms with Crippen molar-refractivity contribution in [2.24, 2.45) is 0 Å². The first-order valence-corrected chi connectivity index (χ1v) is 3.94. The minimum absolute atomic E-state index is 0.474. The standard InChI is InChI=1S/C9H10F4O2/c1-3-5-8(10,9(11,12)13)7(14)15-6-4-2/h3-4H,1-2,5-6H2. The molecule has 0 radical (unpaired) electrons. The molecule has 0 aliphatic rings. The predicted octanol–water partition coefficient (Wildman–Crippen LogP) is 2.56. The van der Waals surface area contributed by atoms with Gasteiger partial charge in [-0.05, 0) is 0 Å². The van der Waals surface area contributed by atoms with Crippen molar-refractivity contribution in [3.8, 4) is 0 Å². The first-order chi connectivity index (χ1) is 6.79. The number of carbonyl (C=O) groups is 1. The Bertz CT molecular complexity index is 259. The van der Waals surface area contributed by atoms with E-state index in [0.29, 0.717) is 6.08 Å². The van der Waals surface area contributed by atoms with Crippen molar-refractivity contribution in [3.05, 3.63) is 25.3 Å². The lowest BCUT2D eigenvalue weighted by molar-refractivity contribution is -0.237. The molecule has 0 rings (SSSR count). The van der Waals surface area contributed by atoms with E-state index in [4.69, 9.17) is 0 Å². The zero-order chi connectivity index (χ0) is 12.1. The summed E-state index contributed by atoms with van der Waals surface area (Å²) < 4.78 is 54.0. The van der Waals surface area contributed by atoms with Crippen molar-refractivity contribution in [2.75, 3.05) is 6.61 Å². The van der Waals surface area contributed by atoms with Gasteiger partial charge in [0.2, 0.25) is 0 Å². The number of rotatable bonds is 5. The third kappa shape index (κ3) is 3.07. The van der Waals surface area contributed by atoms with Crippen LogP contribution in [0.25, 0.3) is 0 Å². The molecule has 6 heteroatoms. The number of alkyl halides is 4. The van der Waals surface area contributed by atoms with Crippen molar-refractivity contribution in [1.29, 1.82) is 0 Å². The third-order valence-corrected chi connectivity index (χ3v) is 1.53. The van der Waals surface area contributed by atoms with Gasteiger partial charge in [-0.2, -0.15) is 13.2 Å². The summed E-state index contributed by atoms with van der Waals surface area (Å²) in [6.45, 7) is 5.60. The molecule has 0 N–H and O–H groups in total. The fraction of sp³-hybridized carbons (Fsp3) is 0.444. The molecule has 0 fully saturated rings. The Kier molecular flexibility index (Phi) is 4.51. The number of allylic oxidation sites excluding steroid dienone is 1. The van der Waals surface area contributed by atoms with Gasteiger partial charge in [0, 0.05) is 6.42 Å². The summed E-state index contributed by atoms with van der Waals surface area (Å²) in [6.07, 6.45) is -4.78. The van der Waals surface area contributed by atoms with Gasteiger partial charge in [0.15, 0.2) is 0 Å². The lowest BCUT2D eigenvalue weighted by Crippen LogP contribution is -2.48. The minimum Gasteiger partial charge on any atom is -0.459 e. The van der Waals surface area contributed by atoms with E-state index in [1.54, 1.807) is 0 Å². The number of ether oxygens (including phenoxy) is 1. The minimum atomic E-state index is -5.32. The van der Waals surface area contributed by atoms with Gasteiger partial charge in [0.25, 0.3) is 0 Å². The van der Waals surface area contributed by atoms with E-state index in [0.717, 1.165) is 6.08 Å². The average molecular weight is 226 g/mol. The van der Waals surface area contributed by atoms with E-state index in [9.17, 15) is 22.4 Å². The van der Waals surface area contributed by atoms with Crippen LogP contribution in [-0.2, 0) is 9.53 Å². The Morgan fingerprint density at radius 1 is 1.20 bits per heavy atom. The van der Waals surface area contributed by atoms with E-state index < -0.39 is 30.8 Å². The van der Waals surface area contributed by atoms with Crippen LogP contribution in [0.5, 0.6) is 0 Å². The van der Waals surface area contributed by atoms with E-state index in [1.165, 1.54) is 0 Å². The molecule has 0 amide bonds. The first-order valence-electron chi connectivity index (χ1n) is 3.94. The van der Waals surface area contributed by atoms with Crippen LogP contribution in [0.2, 0.25) is 0 Å². The number of halogens is 4. The maximum absolute atomic E-state index is 13.3. The molecule has 0 bridgehead atoms. The van der Waals surface area contributed by atoms with Gasteiger partial charge in [-0.1, -0.05) is 18.7 Å². The second kappa shape index (κ2) is 4.95. The molecule has 0 saturated carbocycles. The first kappa shape index (κ1) is 13.7. The molecule has 15 heavy (non-hydrogen) atoms. The SMILES string of the molecule is C=CCOC(=O)C(F)(CC=C)C(F)(F)F. The maximum Gasteiger partial charge on any atom is 0.433 e. The summed E-state index contributed by atoms with van der Waals surface area (Å²) in [6, 6.07) is 0. The van der Waals surface area contributed by atoms with E-state index >= 15 is 0 Å². The summed E-state index contributed by atoms with van der Waals surface area (Å²) in [5.41, 5.74) is -4.03. The van der Waals surface area contributed by atoms with Crippen molar-refractivity contribution in [3.63, 3.8) is 0 Å². The van der Waals surface area contributed by atoms with Crippen molar-refractivity contribution in [1.82, 2.24) is 0 Å². The zero-order valence-corrected chi connectivity index (χ0v) is 7.81. The molecule has 1 atom stereocenters. The van der Waals surface area contributed by atoms with Crippen molar-refractivity contribution < 1.29 is 27.1 Å². The van der Waals surface area contributed by atoms with E-state index in [2.05, 4.69) is 17.9 Å². The molecule has 0 aliphatic carbocycles.